The van der Waals surface area contributed by atoms with Crippen LogP contribution in [0.15, 0.2) is 23.2 Å². The van der Waals surface area contributed by atoms with Gasteiger partial charge in [-0.1, -0.05) is 29.3 Å². The van der Waals surface area contributed by atoms with E-state index in [1.54, 1.807) is 12.1 Å². The molecule has 0 aliphatic carbocycles. The van der Waals surface area contributed by atoms with Crippen molar-refractivity contribution < 1.29 is 8.42 Å². The summed E-state index contributed by atoms with van der Waals surface area (Å²) in [6, 6.07) is 5.13. The number of hydrogen-bond donors (Lipinski definition) is 3. The fourth-order valence-electron chi connectivity index (χ4n) is 1.74. The van der Waals surface area contributed by atoms with Gasteiger partial charge in [-0.15, -0.1) is 24.0 Å². The zero-order valence-corrected chi connectivity index (χ0v) is 17.5. The second kappa shape index (κ2) is 10.5. The molecule has 10 heteroatoms. The Morgan fingerprint density at radius 2 is 2.04 bits per heavy atom. The standard InChI is InChI=1S/C13H20Cl2N4O2S.HI/c1-3-17-13(18-6-7-22(16,20)21)19-9(2)11-5-4-10(14)8-12(11)15;/h4-5,8-9H,3,6-7H2,1-2H3,(H2,16,20,21)(H2,17,18,19);1H. The molecule has 132 valence electrons. The first-order valence-electron chi connectivity index (χ1n) is 6.73. The lowest BCUT2D eigenvalue weighted by molar-refractivity contribution is 0.597. The zero-order chi connectivity index (χ0) is 16.8. The lowest BCUT2D eigenvalue weighted by Gasteiger charge is -2.19. The first-order chi connectivity index (χ1) is 10.2. The first-order valence-corrected chi connectivity index (χ1v) is 9.20. The Bertz CT molecular complexity index is 641. The summed E-state index contributed by atoms with van der Waals surface area (Å²) < 4.78 is 21.9. The second-order valence-electron chi connectivity index (χ2n) is 4.66. The highest BCUT2D eigenvalue weighted by atomic mass is 127. The van der Waals surface area contributed by atoms with Gasteiger partial charge in [0, 0.05) is 16.6 Å². The number of benzene rings is 1. The molecule has 0 heterocycles. The van der Waals surface area contributed by atoms with Crippen LogP contribution in [0.1, 0.15) is 25.5 Å². The molecular formula is C13H21Cl2IN4O2S. The van der Waals surface area contributed by atoms with Crippen molar-refractivity contribution in [2.45, 2.75) is 19.9 Å². The second-order valence-corrected chi connectivity index (χ2v) is 7.24. The van der Waals surface area contributed by atoms with Gasteiger partial charge in [0.15, 0.2) is 5.96 Å². The minimum Gasteiger partial charge on any atom is -0.357 e. The normalized spacial score (nSPS) is 13.2. The molecule has 4 N–H and O–H groups in total. The van der Waals surface area contributed by atoms with Crippen molar-refractivity contribution in [3.8, 4) is 0 Å². The van der Waals surface area contributed by atoms with Gasteiger partial charge in [0.1, 0.15) is 0 Å². The van der Waals surface area contributed by atoms with Crippen LogP contribution in [0.4, 0.5) is 0 Å². The average molecular weight is 495 g/mol. The summed E-state index contributed by atoms with van der Waals surface area (Å²) in [5.74, 6) is 0.282. The van der Waals surface area contributed by atoms with E-state index in [4.69, 9.17) is 28.3 Å². The predicted octanol–water partition coefficient (Wildman–Crippen LogP) is 2.52. The number of hydrogen-bond acceptors (Lipinski definition) is 3. The zero-order valence-electron chi connectivity index (χ0n) is 12.8. The number of guanidine groups is 1. The van der Waals surface area contributed by atoms with Gasteiger partial charge in [0.2, 0.25) is 10.0 Å². The van der Waals surface area contributed by atoms with Crippen LogP contribution in [-0.2, 0) is 10.0 Å². The molecular weight excluding hydrogens is 474 g/mol. The molecule has 1 aromatic rings. The first kappa shape index (κ1) is 22.7. The number of nitrogens with one attached hydrogen (secondary N) is 2. The molecule has 0 fully saturated rings. The summed E-state index contributed by atoms with van der Waals surface area (Å²) in [5.41, 5.74) is 0.864. The molecule has 0 radical (unpaired) electrons. The van der Waals surface area contributed by atoms with E-state index in [1.165, 1.54) is 0 Å². The van der Waals surface area contributed by atoms with Crippen LogP contribution in [-0.4, -0.2) is 33.2 Å². The molecule has 0 amide bonds. The molecule has 0 aliphatic rings. The number of rotatable bonds is 6. The van der Waals surface area contributed by atoms with Crippen LogP contribution in [0.2, 0.25) is 10.0 Å². The summed E-state index contributed by atoms with van der Waals surface area (Å²) in [7, 11) is -3.53. The molecule has 0 saturated heterocycles. The summed E-state index contributed by atoms with van der Waals surface area (Å²) in [6.07, 6.45) is 0. The van der Waals surface area contributed by atoms with Crippen molar-refractivity contribution in [1.82, 2.24) is 10.6 Å². The Labute approximate surface area is 164 Å². The SMILES string of the molecule is CCNC(=NCCS(N)(=O)=O)NC(C)c1ccc(Cl)cc1Cl.I. The summed E-state index contributed by atoms with van der Waals surface area (Å²) in [4.78, 5) is 4.18. The van der Waals surface area contributed by atoms with E-state index < -0.39 is 10.0 Å². The number of halogens is 3. The predicted molar refractivity (Wildman–Crippen MR) is 107 cm³/mol. The van der Waals surface area contributed by atoms with E-state index in [-0.39, 0.29) is 42.3 Å². The third-order valence-corrected chi connectivity index (χ3v) is 4.09. The number of aliphatic imine (C=N–C) groups is 1. The molecule has 0 saturated carbocycles. The maximum Gasteiger partial charge on any atom is 0.210 e. The Balaban J connectivity index is 0.00000484. The van der Waals surface area contributed by atoms with Crippen LogP contribution in [0.5, 0.6) is 0 Å². The number of sulfonamides is 1. The molecule has 0 aliphatic heterocycles. The highest BCUT2D eigenvalue weighted by molar-refractivity contribution is 14.0. The van der Waals surface area contributed by atoms with Crippen molar-refractivity contribution in [1.29, 1.82) is 0 Å². The fourth-order valence-corrected chi connectivity index (χ4v) is 2.66. The van der Waals surface area contributed by atoms with Gasteiger partial charge in [0.05, 0.1) is 18.3 Å². The summed E-state index contributed by atoms with van der Waals surface area (Å²) in [5, 5.41) is 12.3. The fraction of sp³-hybridized carbons (Fsp3) is 0.462. The molecule has 1 aromatic carbocycles. The van der Waals surface area contributed by atoms with Crippen molar-refractivity contribution >= 4 is 63.2 Å². The maximum absolute atomic E-state index is 10.9. The Kier molecular flexibility index (Phi) is 10.4. The number of nitrogens with two attached hydrogens (primary N) is 1. The van der Waals surface area contributed by atoms with Gasteiger partial charge < -0.3 is 10.6 Å². The van der Waals surface area contributed by atoms with E-state index in [1.807, 2.05) is 19.9 Å². The third-order valence-electron chi connectivity index (χ3n) is 2.77. The monoisotopic (exact) mass is 494 g/mol. The molecule has 1 rings (SSSR count). The van der Waals surface area contributed by atoms with Gasteiger partial charge in [-0.2, -0.15) is 0 Å². The molecule has 0 aromatic heterocycles. The van der Waals surface area contributed by atoms with Gasteiger partial charge in [-0.05, 0) is 31.5 Å². The minimum absolute atomic E-state index is 0. The Morgan fingerprint density at radius 3 is 2.57 bits per heavy atom. The smallest absolute Gasteiger partial charge is 0.210 e. The van der Waals surface area contributed by atoms with E-state index in [9.17, 15) is 8.42 Å². The lowest BCUT2D eigenvalue weighted by Crippen LogP contribution is -2.39. The molecule has 0 spiro atoms. The van der Waals surface area contributed by atoms with Crippen molar-refractivity contribution in [3.05, 3.63) is 33.8 Å². The molecule has 1 atom stereocenters. The van der Waals surface area contributed by atoms with Gasteiger partial charge in [-0.25, -0.2) is 13.6 Å². The minimum atomic E-state index is -3.53. The van der Waals surface area contributed by atoms with Crippen molar-refractivity contribution in [2.75, 3.05) is 18.8 Å². The average Bonchev–Trinajstić information content (AvgIpc) is 2.37. The van der Waals surface area contributed by atoms with E-state index in [0.29, 0.717) is 22.5 Å². The van der Waals surface area contributed by atoms with E-state index in [2.05, 4.69) is 15.6 Å². The highest BCUT2D eigenvalue weighted by Gasteiger charge is 2.12. The van der Waals surface area contributed by atoms with Crippen LogP contribution in [0, 0.1) is 0 Å². The highest BCUT2D eigenvalue weighted by Crippen LogP contribution is 2.25. The summed E-state index contributed by atoms with van der Waals surface area (Å²) >= 11 is 12.0. The quantitative estimate of drug-likeness (QED) is 0.321. The van der Waals surface area contributed by atoms with Crippen LogP contribution in [0.3, 0.4) is 0 Å². The van der Waals surface area contributed by atoms with Crippen LogP contribution >= 0.6 is 47.2 Å². The van der Waals surface area contributed by atoms with Gasteiger partial charge in [0.25, 0.3) is 0 Å². The molecule has 0 bridgehead atoms. The largest absolute Gasteiger partial charge is 0.357 e. The maximum atomic E-state index is 10.9. The third kappa shape index (κ3) is 8.94. The van der Waals surface area contributed by atoms with Crippen LogP contribution in [0.25, 0.3) is 0 Å². The lowest BCUT2D eigenvalue weighted by atomic mass is 10.1. The Morgan fingerprint density at radius 1 is 1.39 bits per heavy atom. The number of primary sulfonamides is 1. The van der Waals surface area contributed by atoms with Gasteiger partial charge >= 0.3 is 0 Å². The summed E-state index contributed by atoms with van der Waals surface area (Å²) in [6.45, 7) is 4.55. The van der Waals surface area contributed by atoms with Crippen molar-refractivity contribution in [2.24, 2.45) is 10.1 Å². The van der Waals surface area contributed by atoms with Crippen molar-refractivity contribution in [3.63, 3.8) is 0 Å². The van der Waals surface area contributed by atoms with Crippen LogP contribution < -0.4 is 15.8 Å². The number of nitrogens with zero attached hydrogens (tertiary/aromatic N) is 1. The van der Waals surface area contributed by atoms with Gasteiger partial charge in [-0.3, -0.25) is 4.99 Å². The van der Waals surface area contributed by atoms with E-state index in [0.717, 1.165) is 5.56 Å². The Hall–Kier alpha value is -0.290. The van der Waals surface area contributed by atoms with E-state index >= 15 is 0 Å². The molecule has 23 heavy (non-hydrogen) atoms. The topological polar surface area (TPSA) is 96.6 Å². The molecule has 1 unspecified atom stereocenters. The molecule has 6 nitrogen and oxygen atoms in total.